The van der Waals surface area contributed by atoms with E-state index < -0.39 is 0 Å². The van der Waals surface area contributed by atoms with Crippen LogP contribution in [0.4, 0.5) is 17.1 Å². The van der Waals surface area contributed by atoms with Crippen molar-refractivity contribution < 1.29 is 4.42 Å². The molecule has 0 aliphatic carbocycles. The lowest BCUT2D eigenvalue weighted by Crippen LogP contribution is -2.10. The lowest BCUT2D eigenvalue weighted by molar-refractivity contribution is 0.669. The van der Waals surface area contributed by atoms with Gasteiger partial charge in [0.15, 0.2) is 0 Å². The third kappa shape index (κ3) is 5.81. The predicted octanol–water partition coefficient (Wildman–Crippen LogP) is 14.9. The Morgan fingerprint density at radius 3 is 1.59 bits per heavy atom. The SMILES string of the molecule is c1ccc(-c2ccc(N(c3ccc(-c4cccc(-c5cccc6ccccc56)c4)cc3)c3cccc(-c4ccc5c(c4)oc4ccccc45)c3)cc2)cc1. The first-order valence-electron chi connectivity index (χ1n) is 18.4. The topological polar surface area (TPSA) is 16.4 Å². The summed E-state index contributed by atoms with van der Waals surface area (Å²) in [5.74, 6) is 0. The molecule has 0 unspecified atom stereocenters. The van der Waals surface area contributed by atoms with Crippen LogP contribution in [0, 0.1) is 0 Å². The van der Waals surface area contributed by atoms with Crippen molar-refractivity contribution in [1.82, 2.24) is 0 Å². The molecule has 0 atom stereocenters. The van der Waals surface area contributed by atoms with Gasteiger partial charge in [-0.05, 0) is 116 Å². The molecule has 0 aliphatic heterocycles. The molecule has 0 bridgehead atoms. The summed E-state index contributed by atoms with van der Waals surface area (Å²) in [7, 11) is 0. The van der Waals surface area contributed by atoms with Crippen LogP contribution < -0.4 is 4.90 Å². The van der Waals surface area contributed by atoms with Gasteiger partial charge in [0.2, 0.25) is 0 Å². The third-order valence-corrected chi connectivity index (χ3v) is 10.5. The largest absolute Gasteiger partial charge is 0.456 e. The molecule has 0 saturated carbocycles. The van der Waals surface area contributed by atoms with Crippen molar-refractivity contribution in [2.24, 2.45) is 0 Å². The van der Waals surface area contributed by atoms with Crippen LogP contribution in [0.5, 0.6) is 0 Å². The van der Waals surface area contributed by atoms with Crippen molar-refractivity contribution in [2.45, 2.75) is 0 Å². The van der Waals surface area contributed by atoms with Gasteiger partial charge in [-0.25, -0.2) is 0 Å². The van der Waals surface area contributed by atoms with Gasteiger partial charge in [0.05, 0.1) is 0 Å². The van der Waals surface area contributed by atoms with Gasteiger partial charge < -0.3 is 9.32 Å². The molecule has 0 amide bonds. The second kappa shape index (κ2) is 13.4. The van der Waals surface area contributed by atoms with Crippen LogP contribution >= 0.6 is 0 Å². The summed E-state index contributed by atoms with van der Waals surface area (Å²) in [6.07, 6.45) is 0. The van der Waals surface area contributed by atoms with Crippen molar-refractivity contribution in [2.75, 3.05) is 4.90 Å². The molecule has 2 nitrogen and oxygen atoms in total. The van der Waals surface area contributed by atoms with Crippen LogP contribution in [-0.4, -0.2) is 0 Å². The Labute approximate surface area is 314 Å². The molecule has 1 aromatic heterocycles. The summed E-state index contributed by atoms with van der Waals surface area (Å²) in [5, 5.41) is 4.79. The molecule has 2 heteroatoms. The summed E-state index contributed by atoms with van der Waals surface area (Å²) in [4.78, 5) is 2.34. The van der Waals surface area contributed by atoms with Gasteiger partial charge in [-0.15, -0.1) is 0 Å². The molecule has 10 rings (SSSR count). The number of hydrogen-bond donors (Lipinski definition) is 0. The van der Waals surface area contributed by atoms with Crippen molar-refractivity contribution >= 4 is 49.8 Å². The number of hydrogen-bond acceptors (Lipinski definition) is 2. The summed E-state index contributed by atoms with van der Waals surface area (Å²) in [6.45, 7) is 0. The second-order valence-electron chi connectivity index (χ2n) is 13.8. The van der Waals surface area contributed by atoms with Crippen LogP contribution in [0.15, 0.2) is 217 Å². The maximum atomic E-state index is 6.27. The zero-order valence-electron chi connectivity index (χ0n) is 29.6. The number of benzene rings is 9. The van der Waals surface area contributed by atoms with E-state index in [1.165, 1.54) is 44.2 Å². The minimum atomic E-state index is 0.896. The lowest BCUT2D eigenvalue weighted by atomic mass is 9.95. The van der Waals surface area contributed by atoms with E-state index in [2.05, 4.69) is 205 Å². The number of anilines is 3. The highest BCUT2D eigenvalue weighted by Crippen LogP contribution is 2.40. The first kappa shape index (κ1) is 31.6. The summed E-state index contributed by atoms with van der Waals surface area (Å²) in [6, 6.07) is 75.9. The summed E-state index contributed by atoms with van der Waals surface area (Å²) < 4.78 is 6.27. The van der Waals surface area contributed by atoms with E-state index in [-0.39, 0.29) is 0 Å². The first-order valence-corrected chi connectivity index (χ1v) is 18.4. The van der Waals surface area contributed by atoms with Crippen molar-refractivity contribution in [3.05, 3.63) is 212 Å². The molecule has 0 fully saturated rings. The van der Waals surface area contributed by atoms with E-state index in [1.807, 2.05) is 12.1 Å². The molecular formula is C52H35NO. The molecule has 1 heterocycles. The van der Waals surface area contributed by atoms with Gasteiger partial charge in [0, 0.05) is 27.8 Å². The highest BCUT2D eigenvalue weighted by Gasteiger charge is 2.16. The fourth-order valence-electron chi connectivity index (χ4n) is 7.76. The second-order valence-corrected chi connectivity index (χ2v) is 13.8. The normalized spacial score (nSPS) is 11.3. The average molecular weight is 690 g/mol. The molecule has 0 aliphatic rings. The van der Waals surface area contributed by atoms with E-state index in [0.717, 1.165) is 50.1 Å². The average Bonchev–Trinajstić information content (AvgIpc) is 3.63. The highest BCUT2D eigenvalue weighted by atomic mass is 16.3. The Morgan fingerprint density at radius 2 is 0.796 bits per heavy atom. The van der Waals surface area contributed by atoms with E-state index in [0.29, 0.717) is 0 Å². The molecule has 10 aromatic rings. The van der Waals surface area contributed by atoms with Gasteiger partial charge in [-0.1, -0.05) is 152 Å². The summed E-state index contributed by atoms with van der Waals surface area (Å²) in [5.41, 5.74) is 14.5. The minimum Gasteiger partial charge on any atom is -0.456 e. The zero-order chi connectivity index (χ0) is 35.8. The zero-order valence-corrected chi connectivity index (χ0v) is 29.6. The molecule has 0 saturated heterocycles. The van der Waals surface area contributed by atoms with E-state index in [9.17, 15) is 0 Å². The van der Waals surface area contributed by atoms with Gasteiger partial charge in [-0.2, -0.15) is 0 Å². The van der Waals surface area contributed by atoms with Gasteiger partial charge >= 0.3 is 0 Å². The molecular weight excluding hydrogens is 655 g/mol. The molecule has 9 aromatic carbocycles. The smallest absolute Gasteiger partial charge is 0.136 e. The standard InChI is InChI=1S/C52H35NO/c1-2-11-36(12-3-1)37-23-28-44(29-24-37)53(46-18-9-16-41(34-46)42-27-32-50-49-20-6-7-22-51(49)54-52(50)35-42)45-30-25-38(26-31-45)40-15-8-17-43(33-40)48-21-10-14-39-13-4-5-19-47(39)48/h1-35H. The summed E-state index contributed by atoms with van der Waals surface area (Å²) >= 11 is 0. The maximum Gasteiger partial charge on any atom is 0.136 e. The Hall–Kier alpha value is -7.16. The Bertz CT molecular complexity index is 2920. The Kier molecular flexibility index (Phi) is 7.85. The Morgan fingerprint density at radius 1 is 0.278 bits per heavy atom. The molecule has 254 valence electrons. The van der Waals surface area contributed by atoms with E-state index in [4.69, 9.17) is 4.42 Å². The number of fused-ring (bicyclic) bond motifs is 4. The fraction of sp³-hybridized carbons (Fsp3) is 0. The van der Waals surface area contributed by atoms with Crippen LogP contribution in [0.3, 0.4) is 0 Å². The quantitative estimate of drug-likeness (QED) is 0.166. The van der Waals surface area contributed by atoms with Gasteiger partial charge in [0.25, 0.3) is 0 Å². The molecule has 0 spiro atoms. The molecule has 0 radical (unpaired) electrons. The van der Waals surface area contributed by atoms with Crippen molar-refractivity contribution in [1.29, 1.82) is 0 Å². The van der Waals surface area contributed by atoms with Crippen molar-refractivity contribution in [3.8, 4) is 44.5 Å². The van der Waals surface area contributed by atoms with E-state index >= 15 is 0 Å². The minimum absolute atomic E-state index is 0.896. The number of furan rings is 1. The molecule has 54 heavy (non-hydrogen) atoms. The lowest BCUT2D eigenvalue weighted by Gasteiger charge is -2.26. The first-order chi connectivity index (χ1) is 26.7. The number of nitrogens with zero attached hydrogens (tertiary/aromatic N) is 1. The predicted molar refractivity (Wildman–Crippen MR) is 228 cm³/mol. The highest BCUT2D eigenvalue weighted by molar-refractivity contribution is 6.06. The monoisotopic (exact) mass is 689 g/mol. The molecule has 0 N–H and O–H groups in total. The maximum absolute atomic E-state index is 6.27. The van der Waals surface area contributed by atoms with Crippen LogP contribution in [0.1, 0.15) is 0 Å². The fourth-order valence-corrected chi connectivity index (χ4v) is 7.76. The van der Waals surface area contributed by atoms with Crippen LogP contribution in [0.2, 0.25) is 0 Å². The van der Waals surface area contributed by atoms with Crippen LogP contribution in [-0.2, 0) is 0 Å². The van der Waals surface area contributed by atoms with E-state index in [1.54, 1.807) is 0 Å². The number of para-hydroxylation sites is 1. The van der Waals surface area contributed by atoms with Crippen molar-refractivity contribution in [3.63, 3.8) is 0 Å². The Balaban J connectivity index is 1.03. The van der Waals surface area contributed by atoms with Gasteiger partial charge in [0.1, 0.15) is 11.2 Å². The number of rotatable bonds is 7. The van der Waals surface area contributed by atoms with Gasteiger partial charge in [-0.3, -0.25) is 0 Å². The third-order valence-electron chi connectivity index (χ3n) is 10.5. The van der Waals surface area contributed by atoms with Crippen LogP contribution in [0.25, 0.3) is 77.2 Å².